The van der Waals surface area contributed by atoms with Gasteiger partial charge in [0.1, 0.15) is 16.4 Å². The average molecular weight is 310 g/mol. The van der Waals surface area contributed by atoms with Crippen LogP contribution in [-0.2, 0) is 0 Å². The molecule has 1 aromatic heterocycles. The zero-order chi connectivity index (χ0) is 12.3. The van der Waals surface area contributed by atoms with Gasteiger partial charge in [-0.3, -0.25) is 0 Å². The highest BCUT2D eigenvalue weighted by atomic mass is 79.9. The van der Waals surface area contributed by atoms with Crippen LogP contribution in [-0.4, -0.2) is 15.0 Å². The summed E-state index contributed by atoms with van der Waals surface area (Å²) < 4.78 is 6.44. The SMILES string of the molecule is NC(=S)c1cnc(Oc2cccc(Br)c2)cn1. The second kappa shape index (κ2) is 5.20. The first-order valence-electron chi connectivity index (χ1n) is 4.70. The molecule has 17 heavy (non-hydrogen) atoms. The maximum atomic E-state index is 5.51. The van der Waals surface area contributed by atoms with Crippen molar-refractivity contribution in [3.8, 4) is 11.6 Å². The molecule has 0 saturated carbocycles. The molecule has 1 heterocycles. The third-order valence-corrected chi connectivity index (χ3v) is 2.60. The number of halogens is 1. The van der Waals surface area contributed by atoms with Gasteiger partial charge < -0.3 is 10.5 Å². The molecule has 6 heteroatoms. The molecule has 1 aromatic carbocycles. The van der Waals surface area contributed by atoms with Gasteiger partial charge in [0.2, 0.25) is 5.88 Å². The second-order valence-electron chi connectivity index (χ2n) is 3.16. The van der Waals surface area contributed by atoms with E-state index in [-0.39, 0.29) is 4.99 Å². The molecule has 0 radical (unpaired) electrons. The molecule has 0 amide bonds. The zero-order valence-corrected chi connectivity index (χ0v) is 11.0. The lowest BCUT2D eigenvalue weighted by Gasteiger charge is -2.04. The van der Waals surface area contributed by atoms with E-state index in [0.29, 0.717) is 17.3 Å². The van der Waals surface area contributed by atoms with Crippen LogP contribution in [0.15, 0.2) is 41.1 Å². The topological polar surface area (TPSA) is 61.0 Å². The molecular weight excluding hydrogens is 302 g/mol. The fourth-order valence-corrected chi connectivity index (χ4v) is 1.63. The molecule has 0 aliphatic rings. The minimum atomic E-state index is 0.214. The van der Waals surface area contributed by atoms with Crippen molar-refractivity contribution in [2.45, 2.75) is 0 Å². The molecule has 0 spiro atoms. The average Bonchev–Trinajstić information content (AvgIpc) is 2.29. The van der Waals surface area contributed by atoms with E-state index in [1.807, 2.05) is 24.3 Å². The Balaban J connectivity index is 2.16. The monoisotopic (exact) mass is 309 g/mol. The summed E-state index contributed by atoms with van der Waals surface area (Å²) in [6.45, 7) is 0. The molecule has 0 aliphatic carbocycles. The summed E-state index contributed by atoms with van der Waals surface area (Å²) in [5.41, 5.74) is 5.89. The molecule has 0 unspecified atom stereocenters. The van der Waals surface area contributed by atoms with Gasteiger partial charge in [-0.1, -0.05) is 34.2 Å². The summed E-state index contributed by atoms with van der Waals surface area (Å²) in [5, 5.41) is 0. The number of ether oxygens (including phenoxy) is 1. The quantitative estimate of drug-likeness (QED) is 0.883. The molecular formula is C11H8BrN3OS. The van der Waals surface area contributed by atoms with Gasteiger partial charge in [-0.15, -0.1) is 0 Å². The summed E-state index contributed by atoms with van der Waals surface area (Å²) in [4.78, 5) is 8.30. The Bertz CT molecular complexity index is 545. The van der Waals surface area contributed by atoms with E-state index in [9.17, 15) is 0 Å². The van der Waals surface area contributed by atoms with Crippen molar-refractivity contribution in [3.05, 3.63) is 46.8 Å². The third-order valence-electron chi connectivity index (χ3n) is 1.90. The highest BCUT2D eigenvalue weighted by Gasteiger charge is 2.02. The molecule has 4 nitrogen and oxygen atoms in total. The third kappa shape index (κ3) is 3.21. The van der Waals surface area contributed by atoms with Crippen molar-refractivity contribution in [1.29, 1.82) is 0 Å². The Morgan fingerprint density at radius 1 is 1.29 bits per heavy atom. The molecule has 2 N–H and O–H groups in total. The number of nitrogens with zero attached hydrogens (tertiary/aromatic N) is 2. The first kappa shape index (κ1) is 11.9. The molecule has 2 aromatic rings. The van der Waals surface area contributed by atoms with E-state index in [1.165, 1.54) is 12.4 Å². The lowest BCUT2D eigenvalue weighted by atomic mass is 10.3. The van der Waals surface area contributed by atoms with E-state index < -0.39 is 0 Å². The number of rotatable bonds is 3. The fraction of sp³-hybridized carbons (Fsp3) is 0. The minimum Gasteiger partial charge on any atom is -0.437 e. The van der Waals surface area contributed by atoms with Crippen LogP contribution in [0.4, 0.5) is 0 Å². The van der Waals surface area contributed by atoms with Crippen LogP contribution in [0.1, 0.15) is 5.69 Å². The minimum absolute atomic E-state index is 0.214. The molecule has 0 aliphatic heterocycles. The van der Waals surface area contributed by atoms with Crippen LogP contribution >= 0.6 is 28.1 Å². The molecule has 2 rings (SSSR count). The van der Waals surface area contributed by atoms with Crippen LogP contribution in [0.3, 0.4) is 0 Å². The van der Waals surface area contributed by atoms with E-state index in [4.69, 9.17) is 22.7 Å². The van der Waals surface area contributed by atoms with E-state index >= 15 is 0 Å². The van der Waals surface area contributed by atoms with Gasteiger partial charge in [0.25, 0.3) is 0 Å². The van der Waals surface area contributed by atoms with E-state index in [1.54, 1.807) is 0 Å². The van der Waals surface area contributed by atoms with Gasteiger partial charge in [-0.2, -0.15) is 0 Å². The van der Waals surface area contributed by atoms with Gasteiger partial charge in [-0.05, 0) is 18.2 Å². The van der Waals surface area contributed by atoms with Gasteiger partial charge in [0.15, 0.2) is 0 Å². The van der Waals surface area contributed by atoms with Crippen LogP contribution < -0.4 is 10.5 Å². The van der Waals surface area contributed by atoms with Gasteiger partial charge in [0.05, 0.1) is 12.4 Å². The summed E-state index contributed by atoms with van der Waals surface area (Å²) in [6, 6.07) is 7.45. The highest BCUT2D eigenvalue weighted by molar-refractivity contribution is 9.10. The van der Waals surface area contributed by atoms with Crippen LogP contribution in [0, 0.1) is 0 Å². The predicted molar refractivity (Wildman–Crippen MR) is 72.1 cm³/mol. The van der Waals surface area contributed by atoms with Gasteiger partial charge in [-0.25, -0.2) is 9.97 Å². The predicted octanol–water partition coefficient (Wildman–Crippen LogP) is 2.67. The van der Waals surface area contributed by atoms with Gasteiger partial charge >= 0.3 is 0 Å². The van der Waals surface area contributed by atoms with E-state index in [2.05, 4.69) is 25.9 Å². The molecule has 86 valence electrons. The molecule has 0 atom stereocenters. The standard InChI is InChI=1S/C11H8BrN3OS/c12-7-2-1-3-8(4-7)16-10-6-14-9(5-15-10)11(13)17/h1-6H,(H2,13,17). The number of hydrogen-bond donors (Lipinski definition) is 1. The summed E-state index contributed by atoms with van der Waals surface area (Å²) >= 11 is 8.14. The van der Waals surface area contributed by atoms with Crippen molar-refractivity contribution >= 4 is 33.1 Å². The van der Waals surface area contributed by atoms with Crippen LogP contribution in [0.5, 0.6) is 11.6 Å². The fourth-order valence-electron chi connectivity index (χ4n) is 1.15. The van der Waals surface area contributed by atoms with Crippen LogP contribution in [0.2, 0.25) is 0 Å². The van der Waals surface area contributed by atoms with E-state index in [0.717, 1.165) is 4.47 Å². The van der Waals surface area contributed by atoms with Crippen LogP contribution in [0.25, 0.3) is 0 Å². The largest absolute Gasteiger partial charge is 0.437 e. The first-order valence-corrected chi connectivity index (χ1v) is 5.90. The number of thiocarbonyl (C=S) groups is 1. The molecule has 0 fully saturated rings. The van der Waals surface area contributed by atoms with Crippen molar-refractivity contribution in [2.24, 2.45) is 5.73 Å². The maximum Gasteiger partial charge on any atom is 0.237 e. The Hall–Kier alpha value is -1.53. The van der Waals surface area contributed by atoms with Crippen molar-refractivity contribution in [3.63, 3.8) is 0 Å². The normalized spacial score (nSPS) is 9.94. The Morgan fingerprint density at radius 2 is 2.12 bits per heavy atom. The maximum absolute atomic E-state index is 5.51. The number of hydrogen-bond acceptors (Lipinski definition) is 4. The zero-order valence-electron chi connectivity index (χ0n) is 8.63. The highest BCUT2D eigenvalue weighted by Crippen LogP contribution is 2.22. The van der Waals surface area contributed by atoms with Crippen molar-refractivity contribution in [2.75, 3.05) is 0 Å². The smallest absolute Gasteiger partial charge is 0.237 e. The summed E-state index contributed by atoms with van der Waals surface area (Å²) in [5.74, 6) is 1.07. The Morgan fingerprint density at radius 3 is 2.71 bits per heavy atom. The number of nitrogens with two attached hydrogens (primary N) is 1. The molecule has 0 bridgehead atoms. The number of benzene rings is 1. The summed E-state index contributed by atoms with van der Waals surface area (Å²) in [6.07, 6.45) is 2.96. The summed E-state index contributed by atoms with van der Waals surface area (Å²) in [7, 11) is 0. The lowest BCUT2D eigenvalue weighted by molar-refractivity contribution is 0.459. The first-order chi connectivity index (χ1) is 8.15. The Kier molecular flexibility index (Phi) is 3.65. The van der Waals surface area contributed by atoms with Gasteiger partial charge in [0, 0.05) is 4.47 Å². The lowest BCUT2D eigenvalue weighted by Crippen LogP contribution is -2.11. The van der Waals surface area contributed by atoms with Crippen molar-refractivity contribution < 1.29 is 4.74 Å². The Labute approximate surface area is 112 Å². The second-order valence-corrected chi connectivity index (χ2v) is 4.52. The van der Waals surface area contributed by atoms with Crippen molar-refractivity contribution in [1.82, 2.24) is 9.97 Å². The number of aromatic nitrogens is 2. The molecule has 0 saturated heterocycles.